The van der Waals surface area contributed by atoms with Gasteiger partial charge in [0.05, 0.1) is 39.2 Å². The van der Waals surface area contributed by atoms with Gasteiger partial charge in [0.1, 0.15) is 22.2 Å². The van der Waals surface area contributed by atoms with Crippen molar-refractivity contribution in [2.24, 2.45) is 0 Å². The number of aliphatic hydroxyl groups excluding tert-OH is 2. The molecule has 5 rings (SSSR count). The molecule has 34 heavy (non-hydrogen) atoms. The molecule has 3 N–H and O–H groups in total. The van der Waals surface area contributed by atoms with Gasteiger partial charge in [0.15, 0.2) is 0 Å². The van der Waals surface area contributed by atoms with Crippen LogP contribution < -0.4 is 0 Å². The van der Waals surface area contributed by atoms with Crippen molar-refractivity contribution in [3.8, 4) is 0 Å². The molecule has 1 spiro atoms. The second-order valence-electron chi connectivity index (χ2n) is 9.42. The second kappa shape index (κ2) is 8.84. The standard InChI is InChI=1S/C22H28F3N3O5S/c23-22(24,25)19-16(11-29)15-1-6-33-21(18(15)34-19)2-4-27(5-3-21)8-14-7-26-28(9-14)10-17(30)20(31)12-32-13-20/h7,9,17,29-31H,1-6,8,10-13H2. The van der Waals surface area contributed by atoms with Gasteiger partial charge in [0, 0.05) is 41.8 Å². The Morgan fingerprint density at radius 3 is 2.59 bits per heavy atom. The lowest BCUT2D eigenvalue weighted by Crippen LogP contribution is -2.59. The van der Waals surface area contributed by atoms with Crippen molar-refractivity contribution in [2.45, 2.75) is 62.4 Å². The molecule has 188 valence electrons. The highest BCUT2D eigenvalue weighted by molar-refractivity contribution is 7.12. The van der Waals surface area contributed by atoms with E-state index in [-0.39, 0.29) is 25.3 Å². The molecule has 0 amide bonds. The fraction of sp³-hybridized carbons (Fsp3) is 0.682. The maximum atomic E-state index is 13.6. The highest BCUT2D eigenvalue weighted by Gasteiger charge is 2.47. The third-order valence-electron chi connectivity index (χ3n) is 7.12. The van der Waals surface area contributed by atoms with Gasteiger partial charge < -0.3 is 24.8 Å². The molecule has 2 saturated heterocycles. The van der Waals surface area contributed by atoms with Crippen LogP contribution in [0.1, 0.15) is 39.3 Å². The number of ether oxygens (including phenoxy) is 2. The number of alkyl halides is 3. The molecule has 0 aliphatic carbocycles. The van der Waals surface area contributed by atoms with Crippen molar-refractivity contribution >= 4 is 11.3 Å². The maximum Gasteiger partial charge on any atom is 0.425 e. The van der Waals surface area contributed by atoms with Crippen LogP contribution in [0.15, 0.2) is 12.4 Å². The van der Waals surface area contributed by atoms with E-state index in [9.17, 15) is 28.5 Å². The van der Waals surface area contributed by atoms with Crippen molar-refractivity contribution in [2.75, 3.05) is 32.9 Å². The zero-order chi connectivity index (χ0) is 24.1. The first-order valence-corrected chi connectivity index (χ1v) is 12.1. The minimum absolute atomic E-state index is 0.00493. The Labute approximate surface area is 198 Å². The highest BCUT2D eigenvalue weighted by Crippen LogP contribution is 2.50. The Hall–Kier alpha value is -1.54. The normalized spacial score (nSPS) is 23.0. The van der Waals surface area contributed by atoms with E-state index in [0.29, 0.717) is 55.9 Å². The van der Waals surface area contributed by atoms with Crippen LogP contribution in [0, 0.1) is 0 Å². The monoisotopic (exact) mass is 503 g/mol. The minimum Gasteiger partial charge on any atom is -0.392 e. The molecule has 2 aromatic rings. The van der Waals surface area contributed by atoms with Gasteiger partial charge in [-0.15, -0.1) is 11.3 Å². The van der Waals surface area contributed by atoms with Gasteiger partial charge in [0.2, 0.25) is 0 Å². The van der Waals surface area contributed by atoms with E-state index >= 15 is 0 Å². The number of aliphatic hydroxyl groups is 3. The molecule has 3 aliphatic rings. The average Bonchev–Trinajstić information content (AvgIpc) is 3.38. The zero-order valence-electron chi connectivity index (χ0n) is 18.6. The molecule has 0 aromatic carbocycles. The van der Waals surface area contributed by atoms with Gasteiger partial charge in [-0.3, -0.25) is 9.58 Å². The first-order valence-electron chi connectivity index (χ1n) is 11.3. The molecule has 0 radical (unpaired) electrons. The summed E-state index contributed by atoms with van der Waals surface area (Å²) in [5.41, 5.74) is -0.404. The summed E-state index contributed by atoms with van der Waals surface area (Å²) in [6.07, 6.45) is -0.389. The van der Waals surface area contributed by atoms with Crippen LogP contribution in [0.5, 0.6) is 0 Å². The first-order chi connectivity index (χ1) is 16.1. The molecule has 12 heteroatoms. The number of rotatable bonds is 6. The molecule has 3 aliphatic heterocycles. The van der Waals surface area contributed by atoms with Crippen LogP contribution in [0.2, 0.25) is 0 Å². The van der Waals surface area contributed by atoms with Crippen LogP contribution in [0.4, 0.5) is 13.2 Å². The topological polar surface area (TPSA) is 100 Å². The summed E-state index contributed by atoms with van der Waals surface area (Å²) in [5.74, 6) is 0. The zero-order valence-corrected chi connectivity index (χ0v) is 19.4. The quantitative estimate of drug-likeness (QED) is 0.551. The minimum atomic E-state index is -4.49. The molecule has 1 atom stereocenters. The van der Waals surface area contributed by atoms with E-state index in [2.05, 4.69) is 10.00 Å². The lowest BCUT2D eigenvalue weighted by Gasteiger charge is -2.43. The summed E-state index contributed by atoms with van der Waals surface area (Å²) in [7, 11) is 0. The summed E-state index contributed by atoms with van der Waals surface area (Å²) in [5, 5.41) is 34.3. The summed E-state index contributed by atoms with van der Waals surface area (Å²) in [6.45, 7) is 2.02. The molecule has 8 nitrogen and oxygen atoms in total. The van der Waals surface area contributed by atoms with Crippen molar-refractivity contribution in [1.82, 2.24) is 14.7 Å². The number of aromatic nitrogens is 2. The molecule has 5 heterocycles. The molecule has 2 fully saturated rings. The molecule has 0 bridgehead atoms. The van der Waals surface area contributed by atoms with E-state index in [1.165, 1.54) is 0 Å². The molecular formula is C22H28F3N3O5S. The number of halogens is 3. The predicted octanol–water partition coefficient (Wildman–Crippen LogP) is 1.64. The van der Waals surface area contributed by atoms with Crippen molar-refractivity contribution in [1.29, 1.82) is 0 Å². The summed E-state index contributed by atoms with van der Waals surface area (Å²) in [4.78, 5) is 2.12. The van der Waals surface area contributed by atoms with Gasteiger partial charge in [-0.1, -0.05) is 0 Å². The fourth-order valence-electron chi connectivity index (χ4n) is 5.08. The van der Waals surface area contributed by atoms with E-state index in [4.69, 9.17) is 9.47 Å². The first kappa shape index (κ1) is 24.2. The van der Waals surface area contributed by atoms with Crippen LogP contribution in [-0.4, -0.2) is 74.6 Å². The number of fused-ring (bicyclic) bond motifs is 2. The Kier molecular flexibility index (Phi) is 6.28. The number of likely N-dealkylation sites (tertiary alicyclic amines) is 1. The summed E-state index contributed by atoms with van der Waals surface area (Å²) >= 11 is 0.727. The number of nitrogens with zero attached hydrogens (tertiary/aromatic N) is 3. The number of piperidine rings is 1. The Morgan fingerprint density at radius 2 is 1.97 bits per heavy atom. The largest absolute Gasteiger partial charge is 0.425 e. The molecular weight excluding hydrogens is 475 g/mol. The summed E-state index contributed by atoms with van der Waals surface area (Å²) in [6, 6.07) is 0. The summed E-state index contributed by atoms with van der Waals surface area (Å²) < 4.78 is 53.4. The van der Waals surface area contributed by atoms with Crippen molar-refractivity contribution in [3.05, 3.63) is 38.8 Å². The Balaban J connectivity index is 1.24. The van der Waals surface area contributed by atoms with Gasteiger partial charge in [0.25, 0.3) is 0 Å². The van der Waals surface area contributed by atoms with Crippen LogP contribution in [0.3, 0.4) is 0 Å². The lowest BCUT2D eigenvalue weighted by molar-refractivity contribution is -0.228. The third-order valence-corrected chi connectivity index (χ3v) is 8.62. The average molecular weight is 504 g/mol. The molecule has 0 saturated carbocycles. The number of hydrogen-bond acceptors (Lipinski definition) is 8. The highest BCUT2D eigenvalue weighted by atomic mass is 32.1. The van der Waals surface area contributed by atoms with Crippen molar-refractivity contribution in [3.63, 3.8) is 0 Å². The van der Waals surface area contributed by atoms with Gasteiger partial charge in [-0.05, 0) is 24.8 Å². The Bertz CT molecular complexity index is 1030. The second-order valence-corrected chi connectivity index (χ2v) is 10.4. The van der Waals surface area contributed by atoms with Crippen LogP contribution in [-0.2, 0) is 47.4 Å². The van der Waals surface area contributed by atoms with Crippen LogP contribution in [0.25, 0.3) is 0 Å². The van der Waals surface area contributed by atoms with Crippen LogP contribution >= 0.6 is 11.3 Å². The fourth-order valence-corrected chi connectivity index (χ4v) is 6.51. The van der Waals surface area contributed by atoms with Gasteiger partial charge in [-0.25, -0.2) is 0 Å². The predicted molar refractivity (Wildman–Crippen MR) is 115 cm³/mol. The van der Waals surface area contributed by atoms with E-state index < -0.39 is 35.0 Å². The van der Waals surface area contributed by atoms with E-state index in [1.54, 1.807) is 10.9 Å². The smallest absolute Gasteiger partial charge is 0.392 e. The van der Waals surface area contributed by atoms with Gasteiger partial charge >= 0.3 is 6.18 Å². The number of thiophene rings is 1. The van der Waals surface area contributed by atoms with Crippen molar-refractivity contribution < 1.29 is 38.0 Å². The van der Waals surface area contributed by atoms with E-state index in [1.807, 2.05) is 6.20 Å². The van der Waals surface area contributed by atoms with Gasteiger partial charge in [-0.2, -0.15) is 18.3 Å². The Morgan fingerprint density at radius 1 is 1.24 bits per heavy atom. The number of hydrogen-bond donors (Lipinski definition) is 3. The molecule has 2 aromatic heterocycles. The maximum absolute atomic E-state index is 13.6. The van der Waals surface area contributed by atoms with E-state index in [0.717, 1.165) is 16.9 Å². The molecule has 1 unspecified atom stereocenters. The third kappa shape index (κ3) is 4.29. The lowest BCUT2D eigenvalue weighted by atomic mass is 9.84. The SMILES string of the molecule is OCc1c(C(F)(F)F)sc2c1CCOC21CCN(Cc2cnn(CC(O)C3(O)COC3)c2)CC1.